The third kappa shape index (κ3) is 7.99. The summed E-state index contributed by atoms with van der Waals surface area (Å²) in [5, 5.41) is 11.5. The SMILES string of the molecule is CC(C)(C)OC(=O)NCCC=Cc1ccc(F)cc1CC(=O)O. The molecule has 6 heteroatoms. The molecule has 0 heterocycles. The fourth-order valence-corrected chi connectivity index (χ4v) is 1.83. The van der Waals surface area contributed by atoms with E-state index in [9.17, 15) is 14.0 Å². The number of benzene rings is 1. The van der Waals surface area contributed by atoms with Crippen LogP contribution in [0.25, 0.3) is 6.08 Å². The van der Waals surface area contributed by atoms with Gasteiger partial charge in [0, 0.05) is 6.54 Å². The quantitative estimate of drug-likeness (QED) is 0.787. The highest BCUT2D eigenvalue weighted by molar-refractivity contribution is 5.72. The van der Waals surface area contributed by atoms with Crippen LogP contribution in [0.2, 0.25) is 0 Å². The Bertz CT molecular complexity index is 591. The number of aliphatic carboxylic acids is 1. The van der Waals surface area contributed by atoms with E-state index in [1.54, 1.807) is 32.9 Å². The monoisotopic (exact) mass is 323 g/mol. The van der Waals surface area contributed by atoms with Crippen LogP contribution in [0.3, 0.4) is 0 Å². The molecule has 0 aliphatic heterocycles. The maximum atomic E-state index is 13.2. The van der Waals surface area contributed by atoms with Crippen molar-refractivity contribution >= 4 is 18.1 Å². The van der Waals surface area contributed by atoms with Crippen molar-refractivity contribution in [2.75, 3.05) is 6.54 Å². The number of carboxylic acid groups (broad SMARTS) is 1. The van der Waals surface area contributed by atoms with Gasteiger partial charge < -0.3 is 15.2 Å². The highest BCUT2D eigenvalue weighted by Crippen LogP contribution is 2.14. The van der Waals surface area contributed by atoms with E-state index in [4.69, 9.17) is 9.84 Å². The molecule has 1 rings (SSSR count). The van der Waals surface area contributed by atoms with Crippen molar-refractivity contribution in [1.82, 2.24) is 5.32 Å². The van der Waals surface area contributed by atoms with Crippen molar-refractivity contribution in [2.45, 2.75) is 39.2 Å². The summed E-state index contributed by atoms with van der Waals surface area (Å²) in [5.41, 5.74) is 0.514. The molecule has 0 fully saturated rings. The summed E-state index contributed by atoms with van der Waals surface area (Å²) >= 11 is 0. The second-order valence-electron chi connectivity index (χ2n) is 6.03. The molecule has 0 spiro atoms. The third-order valence-corrected chi connectivity index (χ3v) is 2.72. The molecule has 126 valence electrons. The standard InChI is InChI=1S/C17H22FNO4/c1-17(2,3)23-16(22)19-9-5-4-6-12-7-8-14(18)10-13(12)11-15(20)21/h4,6-8,10H,5,9,11H2,1-3H3,(H,19,22)(H,20,21). The van der Waals surface area contributed by atoms with Gasteiger partial charge in [0.15, 0.2) is 0 Å². The van der Waals surface area contributed by atoms with Crippen LogP contribution in [0, 0.1) is 5.82 Å². The van der Waals surface area contributed by atoms with Crippen LogP contribution in [0.15, 0.2) is 24.3 Å². The van der Waals surface area contributed by atoms with Gasteiger partial charge in [0.25, 0.3) is 0 Å². The normalized spacial score (nSPS) is 11.5. The summed E-state index contributed by atoms with van der Waals surface area (Å²) in [6.45, 7) is 5.74. The Hall–Kier alpha value is -2.37. The molecule has 0 saturated carbocycles. The van der Waals surface area contributed by atoms with Crippen molar-refractivity contribution in [3.8, 4) is 0 Å². The van der Waals surface area contributed by atoms with Crippen molar-refractivity contribution in [2.24, 2.45) is 0 Å². The average Bonchev–Trinajstić information content (AvgIpc) is 2.37. The van der Waals surface area contributed by atoms with Crippen LogP contribution in [0.1, 0.15) is 38.3 Å². The lowest BCUT2D eigenvalue weighted by molar-refractivity contribution is -0.136. The first kappa shape index (κ1) is 18.7. The molecule has 1 aromatic carbocycles. The number of amides is 1. The molecule has 0 aliphatic carbocycles. The lowest BCUT2D eigenvalue weighted by Gasteiger charge is -2.19. The van der Waals surface area contributed by atoms with E-state index >= 15 is 0 Å². The van der Waals surface area contributed by atoms with Gasteiger partial charge >= 0.3 is 12.1 Å². The number of hydrogen-bond acceptors (Lipinski definition) is 3. The van der Waals surface area contributed by atoms with Crippen LogP contribution < -0.4 is 5.32 Å². The van der Waals surface area contributed by atoms with E-state index in [2.05, 4.69) is 5.32 Å². The molecule has 23 heavy (non-hydrogen) atoms. The predicted molar refractivity (Wildman–Crippen MR) is 85.6 cm³/mol. The topological polar surface area (TPSA) is 75.6 Å². The number of ether oxygens (including phenoxy) is 1. The Morgan fingerprint density at radius 1 is 1.35 bits per heavy atom. The first-order chi connectivity index (χ1) is 10.7. The van der Waals surface area contributed by atoms with Gasteiger partial charge in [-0.2, -0.15) is 0 Å². The molecular formula is C17H22FNO4. The smallest absolute Gasteiger partial charge is 0.407 e. The van der Waals surface area contributed by atoms with Gasteiger partial charge in [0.2, 0.25) is 0 Å². The number of halogens is 1. The number of nitrogens with one attached hydrogen (secondary N) is 1. The maximum Gasteiger partial charge on any atom is 0.407 e. The minimum Gasteiger partial charge on any atom is -0.481 e. The number of rotatable bonds is 6. The minimum atomic E-state index is -1.02. The van der Waals surface area contributed by atoms with Gasteiger partial charge in [-0.15, -0.1) is 0 Å². The van der Waals surface area contributed by atoms with Gasteiger partial charge in [-0.1, -0.05) is 18.2 Å². The van der Waals surface area contributed by atoms with Crippen molar-refractivity contribution in [1.29, 1.82) is 0 Å². The van der Waals surface area contributed by atoms with Crippen molar-refractivity contribution in [3.63, 3.8) is 0 Å². The molecule has 0 aromatic heterocycles. The molecule has 0 saturated heterocycles. The molecule has 0 radical (unpaired) electrons. The van der Waals surface area contributed by atoms with Crippen LogP contribution in [-0.4, -0.2) is 29.3 Å². The first-order valence-electron chi connectivity index (χ1n) is 7.31. The van der Waals surface area contributed by atoms with Crippen LogP contribution >= 0.6 is 0 Å². The number of carbonyl (C=O) groups excluding carboxylic acids is 1. The summed E-state index contributed by atoms with van der Waals surface area (Å²) in [5.74, 6) is -1.48. The van der Waals surface area contributed by atoms with E-state index < -0.39 is 23.5 Å². The number of hydrogen-bond donors (Lipinski definition) is 2. The van der Waals surface area contributed by atoms with Crippen LogP contribution in [0.4, 0.5) is 9.18 Å². The fraction of sp³-hybridized carbons (Fsp3) is 0.412. The van der Waals surface area contributed by atoms with Gasteiger partial charge in [-0.25, -0.2) is 9.18 Å². The first-order valence-corrected chi connectivity index (χ1v) is 7.31. The second-order valence-corrected chi connectivity index (χ2v) is 6.03. The molecule has 0 bridgehead atoms. The van der Waals surface area contributed by atoms with Gasteiger partial charge in [0.05, 0.1) is 6.42 Å². The Labute approximate surface area is 135 Å². The average molecular weight is 323 g/mol. The molecule has 0 aliphatic rings. The lowest BCUT2D eigenvalue weighted by Crippen LogP contribution is -2.32. The molecule has 0 atom stereocenters. The van der Waals surface area contributed by atoms with Crippen LogP contribution in [-0.2, 0) is 16.0 Å². The van der Waals surface area contributed by atoms with Gasteiger partial charge in [0.1, 0.15) is 11.4 Å². The Kier molecular flexibility index (Phi) is 6.75. The largest absolute Gasteiger partial charge is 0.481 e. The molecular weight excluding hydrogens is 301 g/mol. The van der Waals surface area contributed by atoms with Gasteiger partial charge in [-0.05, 0) is 50.5 Å². The zero-order chi connectivity index (χ0) is 17.5. The highest BCUT2D eigenvalue weighted by atomic mass is 19.1. The maximum absolute atomic E-state index is 13.2. The molecule has 1 amide bonds. The summed E-state index contributed by atoms with van der Waals surface area (Å²) in [6, 6.07) is 4.03. The lowest BCUT2D eigenvalue weighted by atomic mass is 10.0. The zero-order valence-corrected chi connectivity index (χ0v) is 13.6. The third-order valence-electron chi connectivity index (χ3n) is 2.72. The van der Waals surface area contributed by atoms with Crippen molar-refractivity contribution in [3.05, 3.63) is 41.2 Å². The zero-order valence-electron chi connectivity index (χ0n) is 13.6. The van der Waals surface area contributed by atoms with E-state index in [0.717, 1.165) is 0 Å². The molecule has 2 N–H and O–H groups in total. The minimum absolute atomic E-state index is 0.242. The number of carbonyl (C=O) groups is 2. The van der Waals surface area contributed by atoms with E-state index in [0.29, 0.717) is 24.1 Å². The summed E-state index contributed by atoms with van der Waals surface area (Å²) < 4.78 is 18.3. The van der Waals surface area contributed by atoms with E-state index in [-0.39, 0.29) is 6.42 Å². The molecule has 1 aromatic rings. The van der Waals surface area contributed by atoms with E-state index in [1.807, 2.05) is 0 Å². The molecule has 0 unspecified atom stereocenters. The molecule has 5 nitrogen and oxygen atoms in total. The predicted octanol–water partition coefficient (Wildman–Crippen LogP) is 3.38. The Balaban J connectivity index is 2.52. The Morgan fingerprint density at radius 3 is 2.65 bits per heavy atom. The van der Waals surface area contributed by atoms with E-state index in [1.165, 1.54) is 18.2 Å². The summed E-state index contributed by atoms with van der Waals surface area (Å²) in [6.07, 6.45) is 3.32. The Morgan fingerprint density at radius 2 is 2.04 bits per heavy atom. The summed E-state index contributed by atoms with van der Waals surface area (Å²) in [4.78, 5) is 22.2. The van der Waals surface area contributed by atoms with Gasteiger partial charge in [-0.3, -0.25) is 4.79 Å². The fourth-order valence-electron chi connectivity index (χ4n) is 1.83. The van der Waals surface area contributed by atoms with Crippen molar-refractivity contribution < 1.29 is 23.8 Å². The summed E-state index contributed by atoms with van der Waals surface area (Å²) in [7, 11) is 0. The van der Waals surface area contributed by atoms with Crippen LogP contribution in [0.5, 0.6) is 0 Å². The second kappa shape index (κ2) is 8.31. The number of alkyl carbamates (subject to hydrolysis) is 1. The number of carboxylic acids is 1. The highest BCUT2D eigenvalue weighted by Gasteiger charge is 2.15.